The normalized spacial score (nSPS) is 14.5. The Hall–Kier alpha value is -2.69. The number of Topliss-reactive ketones (excluding diaryl/α,β-unsaturated/α-hetero) is 1. The van der Waals surface area contributed by atoms with Crippen molar-refractivity contribution in [2.45, 2.75) is 25.2 Å². The molecule has 1 N–H and O–H groups in total. The lowest BCUT2D eigenvalue weighted by molar-refractivity contribution is -0.121. The largest absolute Gasteiger partial charge is 0.497 e. The lowest BCUT2D eigenvalue weighted by Gasteiger charge is -2.17. The molecule has 1 aliphatic rings. The number of nitrogens with one attached hydrogen (secondary N) is 1. The lowest BCUT2D eigenvalue weighted by Crippen LogP contribution is -2.30. The summed E-state index contributed by atoms with van der Waals surface area (Å²) in [5.41, 5.74) is 1.51. The van der Waals surface area contributed by atoms with E-state index in [1.165, 1.54) is 24.3 Å². The summed E-state index contributed by atoms with van der Waals surface area (Å²) in [6.45, 7) is -0.0789. The van der Waals surface area contributed by atoms with E-state index in [1.807, 2.05) is 24.3 Å². The van der Waals surface area contributed by atoms with Crippen molar-refractivity contribution in [3.63, 3.8) is 0 Å². The Morgan fingerprint density at radius 3 is 2.35 bits per heavy atom. The quantitative estimate of drug-likeness (QED) is 0.735. The number of carbonyl (C=O) groups excluding carboxylic acids is 2. The predicted molar refractivity (Wildman–Crippen MR) is 96.8 cm³/mol. The molecule has 1 amide bonds. The van der Waals surface area contributed by atoms with Crippen molar-refractivity contribution in [1.82, 2.24) is 5.32 Å². The zero-order chi connectivity index (χ0) is 18.5. The summed E-state index contributed by atoms with van der Waals surface area (Å²) >= 11 is 0. The number of ether oxygens (including phenoxy) is 1. The van der Waals surface area contributed by atoms with E-state index in [-0.39, 0.29) is 24.2 Å². The van der Waals surface area contributed by atoms with E-state index in [4.69, 9.17) is 4.74 Å². The van der Waals surface area contributed by atoms with E-state index < -0.39 is 5.82 Å². The molecule has 0 aliphatic heterocycles. The third-order valence-electron chi connectivity index (χ3n) is 4.75. The highest BCUT2D eigenvalue weighted by Gasteiger charge is 2.33. The fraction of sp³-hybridized carbons (Fsp3) is 0.333. The van der Waals surface area contributed by atoms with Gasteiger partial charge in [-0.1, -0.05) is 12.1 Å². The first kappa shape index (κ1) is 18.1. The molecule has 1 unspecified atom stereocenters. The maximum atomic E-state index is 12.9. The third kappa shape index (κ3) is 4.69. The smallest absolute Gasteiger partial charge is 0.220 e. The van der Waals surface area contributed by atoms with Crippen LogP contribution in [0.15, 0.2) is 48.5 Å². The molecule has 0 aromatic heterocycles. The van der Waals surface area contributed by atoms with Crippen LogP contribution in [0.3, 0.4) is 0 Å². The molecule has 1 fully saturated rings. The van der Waals surface area contributed by atoms with Gasteiger partial charge >= 0.3 is 0 Å². The average molecular weight is 355 g/mol. The molecule has 0 saturated heterocycles. The first-order valence-electron chi connectivity index (χ1n) is 8.76. The molecule has 0 bridgehead atoms. The van der Waals surface area contributed by atoms with Crippen LogP contribution in [-0.4, -0.2) is 25.3 Å². The number of hydrogen-bond acceptors (Lipinski definition) is 3. The summed E-state index contributed by atoms with van der Waals surface area (Å²) in [5, 5.41) is 2.69. The fourth-order valence-corrected chi connectivity index (χ4v) is 3.09. The van der Waals surface area contributed by atoms with Crippen LogP contribution in [0.1, 0.15) is 41.1 Å². The average Bonchev–Trinajstić information content (AvgIpc) is 3.50. The summed E-state index contributed by atoms with van der Waals surface area (Å²) in [4.78, 5) is 24.4. The second-order valence-corrected chi connectivity index (χ2v) is 6.63. The molecule has 136 valence electrons. The molecule has 26 heavy (non-hydrogen) atoms. The van der Waals surface area contributed by atoms with Crippen molar-refractivity contribution in [3.8, 4) is 5.75 Å². The predicted octanol–water partition coefficient (Wildman–Crippen LogP) is 3.72. The molecule has 3 rings (SSSR count). The fourth-order valence-electron chi connectivity index (χ4n) is 3.09. The van der Waals surface area contributed by atoms with Gasteiger partial charge in [0, 0.05) is 12.0 Å². The minimum Gasteiger partial charge on any atom is -0.497 e. The van der Waals surface area contributed by atoms with Gasteiger partial charge in [0.1, 0.15) is 11.6 Å². The van der Waals surface area contributed by atoms with Crippen molar-refractivity contribution in [2.24, 2.45) is 5.92 Å². The molecule has 1 atom stereocenters. The SMILES string of the molecule is COc1ccc(C(CC(=O)NCC(=O)c2ccc(F)cc2)C2CC2)cc1. The van der Waals surface area contributed by atoms with Crippen LogP contribution in [0.25, 0.3) is 0 Å². The van der Waals surface area contributed by atoms with Crippen molar-refractivity contribution < 1.29 is 18.7 Å². The van der Waals surface area contributed by atoms with E-state index in [1.54, 1.807) is 7.11 Å². The van der Waals surface area contributed by atoms with Gasteiger partial charge in [-0.3, -0.25) is 9.59 Å². The highest BCUT2D eigenvalue weighted by molar-refractivity contribution is 5.99. The second kappa shape index (κ2) is 8.13. The minimum absolute atomic E-state index is 0.0789. The van der Waals surface area contributed by atoms with E-state index >= 15 is 0 Å². The second-order valence-electron chi connectivity index (χ2n) is 6.63. The van der Waals surface area contributed by atoms with Crippen molar-refractivity contribution in [3.05, 3.63) is 65.5 Å². The van der Waals surface area contributed by atoms with Crippen LogP contribution in [0.2, 0.25) is 0 Å². The first-order chi connectivity index (χ1) is 12.6. The molecule has 1 aliphatic carbocycles. The standard InChI is InChI=1S/C21H22FNO3/c1-26-18-10-6-15(7-11-18)19(14-2-3-14)12-21(25)23-13-20(24)16-4-8-17(22)9-5-16/h4-11,14,19H,2-3,12-13H2,1H3,(H,23,25). The van der Waals surface area contributed by atoms with Gasteiger partial charge in [-0.05, 0) is 66.6 Å². The molecular weight excluding hydrogens is 333 g/mol. The Balaban J connectivity index is 1.56. The lowest BCUT2D eigenvalue weighted by atomic mass is 9.90. The summed E-state index contributed by atoms with van der Waals surface area (Å²) < 4.78 is 18.1. The Morgan fingerprint density at radius 1 is 1.12 bits per heavy atom. The van der Waals surface area contributed by atoms with E-state index in [0.29, 0.717) is 17.9 Å². The van der Waals surface area contributed by atoms with Gasteiger partial charge in [0.25, 0.3) is 0 Å². The highest BCUT2D eigenvalue weighted by atomic mass is 19.1. The Labute approximate surface area is 152 Å². The minimum atomic E-state index is -0.391. The van der Waals surface area contributed by atoms with Crippen molar-refractivity contribution in [2.75, 3.05) is 13.7 Å². The van der Waals surface area contributed by atoms with Gasteiger partial charge in [-0.15, -0.1) is 0 Å². The maximum absolute atomic E-state index is 12.9. The van der Waals surface area contributed by atoms with Crippen molar-refractivity contribution >= 4 is 11.7 Å². The highest BCUT2D eigenvalue weighted by Crippen LogP contribution is 2.44. The maximum Gasteiger partial charge on any atom is 0.220 e. The molecule has 1 saturated carbocycles. The molecule has 0 heterocycles. The number of benzene rings is 2. The number of rotatable bonds is 8. The first-order valence-corrected chi connectivity index (χ1v) is 8.76. The number of ketones is 1. The van der Waals surface area contributed by atoms with Crippen LogP contribution in [0.4, 0.5) is 4.39 Å². The molecule has 4 nitrogen and oxygen atoms in total. The zero-order valence-electron chi connectivity index (χ0n) is 14.7. The van der Waals surface area contributed by atoms with Crippen LogP contribution >= 0.6 is 0 Å². The molecular formula is C21H22FNO3. The summed E-state index contributed by atoms with van der Waals surface area (Å²) in [5.74, 6) is 0.692. The summed E-state index contributed by atoms with van der Waals surface area (Å²) in [7, 11) is 1.62. The van der Waals surface area contributed by atoms with Gasteiger partial charge in [0.15, 0.2) is 5.78 Å². The summed E-state index contributed by atoms with van der Waals surface area (Å²) in [6.07, 6.45) is 2.60. The number of methoxy groups -OCH3 is 1. The van der Waals surface area contributed by atoms with Crippen LogP contribution < -0.4 is 10.1 Å². The van der Waals surface area contributed by atoms with Gasteiger partial charge in [0.05, 0.1) is 13.7 Å². The Kier molecular flexibility index (Phi) is 5.66. The molecule has 0 radical (unpaired) electrons. The molecule has 5 heteroatoms. The Bertz CT molecular complexity index is 767. The van der Waals surface area contributed by atoms with Crippen LogP contribution in [0.5, 0.6) is 5.75 Å². The van der Waals surface area contributed by atoms with Gasteiger partial charge in [0.2, 0.25) is 5.91 Å². The molecule has 2 aromatic rings. The van der Waals surface area contributed by atoms with Gasteiger partial charge in [-0.2, -0.15) is 0 Å². The molecule has 0 spiro atoms. The Morgan fingerprint density at radius 2 is 1.77 bits per heavy atom. The number of hydrogen-bond donors (Lipinski definition) is 1. The van der Waals surface area contributed by atoms with Crippen molar-refractivity contribution in [1.29, 1.82) is 0 Å². The van der Waals surface area contributed by atoms with E-state index in [9.17, 15) is 14.0 Å². The van der Waals surface area contributed by atoms with Crippen LogP contribution in [-0.2, 0) is 4.79 Å². The van der Waals surface area contributed by atoms with Crippen LogP contribution in [0, 0.1) is 11.7 Å². The monoisotopic (exact) mass is 355 g/mol. The zero-order valence-corrected chi connectivity index (χ0v) is 14.7. The summed E-state index contributed by atoms with van der Waals surface area (Å²) in [6, 6.07) is 13.1. The van der Waals surface area contributed by atoms with E-state index in [0.717, 1.165) is 24.2 Å². The van der Waals surface area contributed by atoms with Gasteiger partial charge < -0.3 is 10.1 Å². The van der Waals surface area contributed by atoms with Gasteiger partial charge in [-0.25, -0.2) is 4.39 Å². The molecule has 2 aromatic carbocycles. The third-order valence-corrected chi connectivity index (χ3v) is 4.75. The number of halogens is 1. The van der Waals surface area contributed by atoms with E-state index in [2.05, 4.69) is 5.32 Å². The number of amides is 1. The number of carbonyl (C=O) groups is 2. The topological polar surface area (TPSA) is 55.4 Å².